The quantitative estimate of drug-likeness (QED) is 0.719. The smallest absolute Gasteiger partial charge is 0.165 e. The molecule has 0 unspecified atom stereocenters. The van der Waals surface area contributed by atoms with Gasteiger partial charge in [-0.25, -0.2) is 0 Å². The first-order chi connectivity index (χ1) is 12.9. The second-order valence-electron chi connectivity index (χ2n) is 8.75. The Morgan fingerprint density at radius 3 is 2.81 bits per heavy atom. The number of nitrogens with zero attached hydrogens (tertiary/aromatic N) is 1. The van der Waals surface area contributed by atoms with Crippen LogP contribution in [-0.4, -0.2) is 52.7 Å². The lowest BCUT2D eigenvalue weighted by Crippen LogP contribution is -2.70. The minimum atomic E-state index is -1.01. The number of aliphatic hydroxyl groups is 1. The van der Waals surface area contributed by atoms with E-state index in [9.17, 15) is 15.0 Å². The van der Waals surface area contributed by atoms with Crippen molar-refractivity contribution in [2.24, 2.45) is 5.92 Å². The van der Waals surface area contributed by atoms with Gasteiger partial charge in [-0.2, -0.15) is 0 Å². The molecule has 1 aliphatic heterocycles. The van der Waals surface area contributed by atoms with Crippen molar-refractivity contribution < 1.29 is 19.7 Å². The zero-order valence-corrected chi connectivity index (χ0v) is 16.4. The van der Waals surface area contributed by atoms with Gasteiger partial charge in [0.25, 0.3) is 0 Å². The van der Waals surface area contributed by atoms with Crippen molar-refractivity contribution in [2.75, 3.05) is 19.7 Å². The second kappa shape index (κ2) is 6.78. The van der Waals surface area contributed by atoms with Crippen LogP contribution in [0.2, 0.25) is 0 Å². The van der Waals surface area contributed by atoms with E-state index >= 15 is 0 Å². The highest BCUT2D eigenvalue weighted by Gasteiger charge is 2.61. The normalized spacial score (nSPS) is 32.8. The third kappa shape index (κ3) is 2.87. The van der Waals surface area contributed by atoms with E-state index in [0.29, 0.717) is 25.2 Å². The summed E-state index contributed by atoms with van der Waals surface area (Å²) in [5, 5.41) is 22.5. The second-order valence-corrected chi connectivity index (χ2v) is 8.75. The third-order valence-corrected chi connectivity index (χ3v) is 7.16. The molecule has 5 nitrogen and oxygen atoms in total. The van der Waals surface area contributed by atoms with Crippen LogP contribution in [0.5, 0.6) is 11.5 Å². The summed E-state index contributed by atoms with van der Waals surface area (Å²) < 4.78 is 5.85. The number of benzene rings is 1. The first kappa shape index (κ1) is 18.8. The molecule has 3 aliphatic rings. The number of fused-ring (bicyclic) bond motifs is 4. The molecular weight excluding hydrogens is 342 g/mol. The lowest BCUT2D eigenvalue weighted by Gasteiger charge is -2.61. The summed E-state index contributed by atoms with van der Waals surface area (Å²) in [6.45, 7) is 6.44. The summed E-state index contributed by atoms with van der Waals surface area (Å²) in [6.07, 6.45) is 5.79. The van der Waals surface area contributed by atoms with Crippen LogP contribution in [0, 0.1) is 5.92 Å². The standard InChI is InChI=1S/C22H31NO4/c1-3-27-20-17(25)8-7-16-13-18-22(26,9-4-12-24)21(2,19(16)20)10-11-23(18)14-15-5-6-15/h7-8,12,15,18,25-26H,3-6,9-11,13-14H2,1-2H3/t18-,21+,22-/m1/s1. The fourth-order valence-electron chi connectivity index (χ4n) is 5.51. The van der Waals surface area contributed by atoms with Gasteiger partial charge in [0, 0.05) is 30.0 Å². The fourth-order valence-corrected chi connectivity index (χ4v) is 5.51. The molecule has 2 aliphatic carbocycles. The van der Waals surface area contributed by atoms with Gasteiger partial charge in [-0.1, -0.05) is 13.0 Å². The average molecular weight is 373 g/mol. The Morgan fingerprint density at radius 1 is 1.37 bits per heavy atom. The summed E-state index contributed by atoms with van der Waals surface area (Å²) in [7, 11) is 0. The van der Waals surface area contributed by atoms with E-state index in [2.05, 4.69) is 11.8 Å². The number of phenols is 1. The number of aromatic hydroxyl groups is 1. The lowest BCUT2D eigenvalue weighted by molar-refractivity contribution is -0.149. The molecule has 3 atom stereocenters. The average Bonchev–Trinajstić information content (AvgIpc) is 3.45. The predicted molar refractivity (Wildman–Crippen MR) is 103 cm³/mol. The maximum Gasteiger partial charge on any atom is 0.165 e. The van der Waals surface area contributed by atoms with Crippen LogP contribution in [0.3, 0.4) is 0 Å². The van der Waals surface area contributed by atoms with E-state index in [4.69, 9.17) is 4.74 Å². The molecule has 0 spiro atoms. The fraction of sp³-hybridized carbons (Fsp3) is 0.682. The molecule has 1 heterocycles. The number of carbonyl (C=O) groups is 1. The molecule has 4 rings (SSSR count). The lowest BCUT2D eigenvalue weighted by atomic mass is 9.54. The van der Waals surface area contributed by atoms with Crippen LogP contribution < -0.4 is 4.74 Å². The number of rotatable bonds is 7. The molecule has 5 heteroatoms. The Labute approximate surface area is 161 Å². The van der Waals surface area contributed by atoms with Gasteiger partial charge < -0.3 is 19.7 Å². The van der Waals surface area contributed by atoms with Gasteiger partial charge in [0.2, 0.25) is 0 Å². The molecule has 2 fully saturated rings. The first-order valence-electron chi connectivity index (χ1n) is 10.3. The van der Waals surface area contributed by atoms with Crippen molar-refractivity contribution in [3.63, 3.8) is 0 Å². The highest BCUT2D eigenvalue weighted by molar-refractivity contribution is 5.58. The first-order valence-corrected chi connectivity index (χ1v) is 10.3. The van der Waals surface area contributed by atoms with Crippen LogP contribution in [-0.2, 0) is 16.6 Å². The Balaban J connectivity index is 1.83. The van der Waals surface area contributed by atoms with Crippen molar-refractivity contribution in [3.8, 4) is 11.5 Å². The van der Waals surface area contributed by atoms with E-state index in [1.54, 1.807) is 6.07 Å². The van der Waals surface area contributed by atoms with Gasteiger partial charge >= 0.3 is 0 Å². The summed E-state index contributed by atoms with van der Waals surface area (Å²) in [6, 6.07) is 3.70. The number of hydrogen-bond donors (Lipinski definition) is 2. The van der Waals surface area contributed by atoms with Gasteiger partial charge in [-0.15, -0.1) is 0 Å². The molecule has 0 radical (unpaired) electrons. The molecule has 0 amide bonds. The summed E-state index contributed by atoms with van der Waals surface area (Å²) in [4.78, 5) is 13.6. The van der Waals surface area contributed by atoms with Crippen LogP contribution in [0.15, 0.2) is 12.1 Å². The number of hydrogen-bond acceptors (Lipinski definition) is 5. The van der Waals surface area contributed by atoms with Crippen LogP contribution in [0.25, 0.3) is 0 Å². The molecular formula is C22H31NO4. The minimum Gasteiger partial charge on any atom is -0.504 e. The van der Waals surface area contributed by atoms with E-state index in [1.807, 2.05) is 13.0 Å². The molecule has 1 aromatic carbocycles. The third-order valence-electron chi connectivity index (χ3n) is 7.16. The monoisotopic (exact) mass is 373 g/mol. The Kier molecular flexibility index (Phi) is 4.71. The van der Waals surface area contributed by atoms with E-state index in [0.717, 1.165) is 49.3 Å². The summed E-state index contributed by atoms with van der Waals surface area (Å²) >= 11 is 0. The number of ether oxygens (including phenoxy) is 1. The van der Waals surface area contributed by atoms with Crippen LogP contribution in [0.1, 0.15) is 57.1 Å². The van der Waals surface area contributed by atoms with Crippen LogP contribution in [0.4, 0.5) is 0 Å². The Morgan fingerprint density at radius 2 is 2.15 bits per heavy atom. The van der Waals surface area contributed by atoms with Crippen molar-refractivity contribution in [2.45, 2.75) is 69.4 Å². The molecule has 1 aromatic rings. The van der Waals surface area contributed by atoms with E-state index in [-0.39, 0.29) is 11.8 Å². The Bertz CT molecular complexity index is 731. The van der Waals surface area contributed by atoms with Crippen molar-refractivity contribution in [3.05, 3.63) is 23.3 Å². The predicted octanol–water partition coefficient (Wildman–Crippen LogP) is 2.80. The number of aldehydes is 1. The molecule has 148 valence electrons. The molecule has 1 saturated carbocycles. The minimum absolute atomic E-state index is 0.00307. The maximum absolute atomic E-state index is 12.0. The van der Waals surface area contributed by atoms with Gasteiger partial charge in [-0.05, 0) is 63.1 Å². The summed E-state index contributed by atoms with van der Waals surface area (Å²) in [5.74, 6) is 1.40. The molecule has 1 saturated heterocycles. The molecule has 2 N–H and O–H groups in total. The number of phenolic OH excluding ortho intramolecular Hbond substituents is 1. The molecule has 2 bridgehead atoms. The Hall–Kier alpha value is -1.59. The van der Waals surface area contributed by atoms with Gasteiger partial charge in [0.05, 0.1) is 12.2 Å². The van der Waals surface area contributed by atoms with Gasteiger partial charge in [-0.3, -0.25) is 4.90 Å². The van der Waals surface area contributed by atoms with Crippen molar-refractivity contribution in [1.82, 2.24) is 4.90 Å². The number of carbonyl (C=O) groups excluding carboxylic acids is 1. The SMILES string of the molecule is CCOc1c(O)ccc2c1[C@]1(C)CCN(CC3CC3)[C@H](C2)[C@]1(O)CCC=O. The number of piperidine rings is 1. The van der Waals surface area contributed by atoms with Crippen molar-refractivity contribution in [1.29, 1.82) is 0 Å². The van der Waals surface area contributed by atoms with E-state index < -0.39 is 11.0 Å². The largest absolute Gasteiger partial charge is 0.504 e. The summed E-state index contributed by atoms with van der Waals surface area (Å²) in [5.41, 5.74) is 0.547. The van der Waals surface area contributed by atoms with Crippen molar-refractivity contribution >= 4 is 6.29 Å². The van der Waals surface area contributed by atoms with Gasteiger partial charge in [0.15, 0.2) is 11.5 Å². The topological polar surface area (TPSA) is 70.0 Å². The van der Waals surface area contributed by atoms with Gasteiger partial charge in [0.1, 0.15) is 6.29 Å². The van der Waals surface area contributed by atoms with E-state index in [1.165, 1.54) is 12.8 Å². The van der Waals surface area contributed by atoms with Crippen LogP contribution >= 0.6 is 0 Å². The molecule has 0 aromatic heterocycles. The number of likely N-dealkylation sites (tertiary alicyclic amines) is 1. The molecule has 27 heavy (non-hydrogen) atoms. The zero-order valence-electron chi connectivity index (χ0n) is 16.4. The maximum atomic E-state index is 12.0. The highest BCUT2D eigenvalue weighted by atomic mass is 16.5. The zero-order chi connectivity index (χ0) is 19.2. The highest BCUT2D eigenvalue weighted by Crippen LogP contribution is 2.57.